The minimum absolute atomic E-state index is 0.0576. The Balaban J connectivity index is 0.000000104. The summed E-state index contributed by atoms with van der Waals surface area (Å²) in [5.41, 5.74) is 28.7. The summed E-state index contributed by atoms with van der Waals surface area (Å²) in [7, 11) is 0. The van der Waals surface area contributed by atoms with Gasteiger partial charge in [0.05, 0.1) is 39.5 Å². The predicted octanol–water partition coefficient (Wildman–Crippen LogP) is 37.2. The number of thiophene rings is 3. The van der Waals surface area contributed by atoms with Crippen molar-refractivity contribution in [2.24, 2.45) is 0 Å². The monoisotopic (exact) mass is 1800 g/mol. The molecule has 0 bridgehead atoms. The molecule has 0 radical (unpaired) electrons. The van der Waals surface area contributed by atoms with Gasteiger partial charge in [-0.2, -0.15) is 0 Å². The van der Waals surface area contributed by atoms with E-state index in [-0.39, 0.29) is 10.8 Å². The SMILES string of the molecule is CC1(C)c2ccccc2-c2ccc(-c3cc(-c4ccc5ccccc5c4)c4ccc5sc6c7ccccc7ccc6c5c4n3)cc21.CCC1(CC)c2ccccc2-c2cc(-c3cc(-c4ccc5ccccc5c4)c4ccc5sc6c7ccccc7ccc6c5c4n3)ccc21.c1ccc(-c2cccc(-c3cc4c(ccc5sc6c7ccccc7ccc6c54)c(-c4cccc5ccccc45)n3)c2)nc1. The van der Waals surface area contributed by atoms with E-state index in [1.165, 1.54) is 213 Å². The molecular formula is C130H86N4S3. The third-order valence-corrected chi connectivity index (χ3v) is 33.5. The average Bonchev–Trinajstić information content (AvgIpc) is 1.59. The highest BCUT2D eigenvalue weighted by Crippen LogP contribution is 2.56. The molecule has 644 valence electrons. The van der Waals surface area contributed by atoms with Crippen molar-refractivity contribution in [3.63, 3.8) is 0 Å². The molecule has 0 saturated carbocycles. The summed E-state index contributed by atoms with van der Waals surface area (Å²) in [6, 6.07) is 153. The van der Waals surface area contributed by atoms with Crippen LogP contribution < -0.4 is 0 Å². The molecule has 2 aliphatic rings. The fourth-order valence-electron chi connectivity index (χ4n) is 23.0. The normalized spacial score (nSPS) is 13.0. The third kappa shape index (κ3) is 12.9. The van der Waals surface area contributed by atoms with E-state index in [2.05, 4.69) is 439 Å². The Morgan fingerprint density at radius 1 is 0.219 bits per heavy atom. The van der Waals surface area contributed by atoms with Gasteiger partial charge in [0.15, 0.2) is 0 Å². The van der Waals surface area contributed by atoms with Gasteiger partial charge >= 0.3 is 0 Å². The number of benzene rings is 20. The zero-order valence-corrected chi connectivity index (χ0v) is 78.3. The maximum Gasteiger partial charge on any atom is 0.0808 e. The van der Waals surface area contributed by atoms with Crippen LogP contribution >= 0.6 is 34.0 Å². The van der Waals surface area contributed by atoms with Gasteiger partial charge in [-0.15, -0.1) is 34.0 Å². The second kappa shape index (κ2) is 31.8. The predicted molar refractivity (Wildman–Crippen MR) is 589 cm³/mol. The molecule has 0 atom stereocenters. The molecule has 0 saturated heterocycles. The maximum atomic E-state index is 5.59. The number of pyridine rings is 4. The quantitative estimate of drug-likeness (QED) is 0.145. The van der Waals surface area contributed by atoms with Crippen LogP contribution in [-0.4, -0.2) is 19.9 Å². The van der Waals surface area contributed by atoms with Crippen molar-refractivity contribution in [2.45, 2.75) is 51.4 Å². The average molecular weight is 1800 g/mol. The molecule has 27 aromatic rings. The Hall–Kier alpha value is -16.0. The van der Waals surface area contributed by atoms with Crippen LogP contribution in [0.25, 0.3) is 259 Å². The first-order chi connectivity index (χ1) is 67.5. The van der Waals surface area contributed by atoms with Gasteiger partial charge in [-0.05, 0) is 228 Å². The first-order valence-electron chi connectivity index (χ1n) is 47.5. The summed E-state index contributed by atoms with van der Waals surface area (Å²) < 4.78 is 7.85. The maximum absolute atomic E-state index is 5.59. The summed E-state index contributed by atoms with van der Waals surface area (Å²) >= 11 is 5.65. The number of aromatic nitrogens is 4. The lowest BCUT2D eigenvalue weighted by Crippen LogP contribution is -2.22. The van der Waals surface area contributed by atoms with E-state index >= 15 is 0 Å². The van der Waals surface area contributed by atoms with Crippen LogP contribution in [0.4, 0.5) is 0 Å². The van der Waals surface area contributed by atoms with E-state index in [0.717, 1.165) is 80.2 Å². The molecule has 29 rings (SSSR count). The van der Waals surface area contributed by atoms with E-state index in [1.807, 2.05) is 52.3 Å². The molecule has 7 aromatic heterocycles. The fourth-order valence-corrected chi connectivity index (χ4v) is 26.8. The number of hydrogen-bond donors (Lipinski definition) is 0. The largest absolute Gasteiger partial charge is 0.256 e. The topological polar surface area (TPSA) is 51.6 Å². The zero-order valence-electron chi connectivity index (χ0n) is 75.8. The third-order valence-electron chi connectivity index (χ3n) is 29.9. The summed E-state index contributed by atoms with van der Waals surface area (Å²) in [6.07, 6.45) is 4.02. The van der Waals surface area contributed by atoms with Crippen molar-refractivity contribution in [1.82, 2.24) is 19.9 Å². The van der Waals surface area contributed by atoms with E-state index in [0.29, 0.717) is 0 Å². The van der Waals surface area contributed by atoms with Crippen molar-refractivity contribution in [3.8, 4) is 101 Å². The molecule has 20 aromatic carbocycles. The minimum atomic E-state index is -0.0716. The molecule has 4 nitrogen and oxygen atoms in total. The number of rotatable bonds is 9. The fraction of sp³-hybridized carbons (Fsp3) is 0.0615. The highest BCUT2D eigenvalue weighted by molar-refractivity contribution is 7.27. The number of fused-ring (bicyclic) bond motifs is 30. The van der Waals surface area contributed by atoms with E-state index in [4.69, 9.17) is 15.0 Å². The molecule has 0 fully saturated rings. The molecule has 2 aliphatic carbocycles. The van der Waals surface area contributed by atoms with Gasteiger partial charge in [0, 0.05) is 122 Å². The summed E-state index contributed by atoms with van der Waals surface area (Å²) in [4.78, 5) is 21.2. The minimum Gasteiger partial charge on any atom is -0.256 e. The second-order valence-corrected chi connectivity index (χ2v) is 40.6. The summed E-state index contributed by atoms with van der Waals surface area (Å²) in [5.74, 6) is 0. The van der Waals surface area contributed by atoms with Crippen molar-refractivity contribution in [1.29, 1.82) is 0 Å². The first-order valence-corrected chi connectivity index (χ1v) is 50.0. The molecule has 7 heterocycles. The van der Waals surface area contributed by atoms with Crippen molar-refractivity contribution < 1.29 is 0 Å². The van der Waals surface area contributed by atoms with Crippen molar-refractivity contribution in [3.05, 3.63) is 447 Å². The van der Waals surface area contributed by atoms with Crippen LogP contribution in [0.2, 0.25) is 0 Å². The lowest BCUT2D eigenvalue weighted by atomic mass is 9.74. The van der Waals surface area contributed by atoms with Gasteiger partial charge in [-0.3, -0.25) is 4.98 Å². The van der Waals surface area contributed by atoms with Crippen LogP contribution in [0.15, 0.2) is 425 Å². The molecule has 137 heavy (non-hydrogen) atoms. The Bertz CT molecular complexity index is 9770. The molecule has 7 heteroatoms. The number of hydrogen-bond acceptors (Lipinski definition) is 7. The van der Waals surface area contributed by atoms with Crippen LogP contribution in [-0.2, 0) is 10.8 Å². The van der Waals surface area contributed by atoms with E-state index in [1.54, 1.807) is 0 Å². The first kappa shape index (κ1) is 80.6. The highest BCUT2D eigenvalue weighted by atomic mass is 32.1. The molecule has 0 unspecified atom stereocenters. The Morgan fingerprint density at radius 2 is 0.620 bits per heavy atom. The van der Waals surface area contributed by atoms with E-state index < -0.39 is 0 Å². The van der Waals surface area contributed by atoms with Gasteiger partial charge in [0.2, 0.25) is 0 Å². The Labute approximate surface area is 804 Å². The second-order valence-electron chi connectivity index (χ2n) is 37.4. The smallest absolute Gasteiger partial charge is 0.0808 e. The van der Waals surface area contributed by atoms with Crippen molar-refractivity contribution in [2.75, 3.05) is 0 Å². The lowest BCUT2D eigenvalue weighted by Gasteiger charge is -2.29. The summed E-state index contributed by atoms with van der Waals surface area (Å²) in [5, 5.41) is 27.6. The lowest BCUT2D eigenvalue weighted by molar-refractivity contribution is 0.490. The zero-order chi connectivity index (χ0) is 90.9. The van der Waals surface area contributed by atoms with Crippen LogP contribution in [0.5, 0.6) is 0 Å². The standard InChI is InChI=1S/C46H33NS.C44H29NS.C40H24N2S/c1-3-46(4-2)39-16-10-9-15-34(39)38-26-32(20-23-40(38)46)41-27-37(31-18-17-28-11-5-6-13-30(28)25-31)35-22-24-42-43(44(35)47-41)36-21-19-29-12-7-8-14-33(29)45(36)48-42;1-44(2)37-14-8-7-13-32(37)33-19-18-30(24-38(33)44)39-25-36(29-16-15-26-9-3-4-11-28(26)23-29)34-21-22-40-41(42(34)45-39)35-20-17-27-10-5-6-12-31(27)43(35)46-40;1-3-14-29-25(9-1)11-8-16-31(29)39-32-20-21-37-38(33-19-18-26-10-2-4-15-30(26)40(33)43-37)34(32)24-36(42-39)28-13-7-12-27(23-28)35-17-5-6-22-41-35/h5-27H,3-4H2,1-2H3;3-25H,1-2H3;1-24H. The molecule has 0 spiro atoms. The Kier molecular flexibility index (Phi) is 18.7. The summed E-state index contributed by atoms with van der Waals surface area (Å²) in [6.45, 7) is 9.37. The van der Waals surface area contributed by atoms with Gasteiger partial charge < -0.3 is 0 Å². The molecule has 0 amide bonds. The molecule has 0 aliphatic heterocycles. The van der Waals surface area contributed by atoms with Gasteiger partial charge in [-0.25, -0.2) is 15.0 Å². The van der Waals surface area contributed by atoms with E-state index in [9.17, 15) is 0 Å². The Morgan fingerprint density at radius 3 is 1.19 bits per heavy atom. The van der Waals surface area contributed by atoms with Gasteiger partial charge in [-0.1, -0.05) is 367 Å². The van der Waals surface area contributed by atoms with Gasteiger partial charge in [0.25, 0.3) is 0 Å². The molecule has 0 N–H and O–H groups in total. The van der Waals surface area contributed by atoms with Crippen LogP contribution in [0.1, 0.15) is 62.8 Å². The number of nitrogens with zero attached hydrogens (tertiary/aromatic N) is 4. The highest BCUT2D eigenvalue weighted by Gasteiger charge is 2.41. The van der Waals surface area contributed by atoms with Crippen molar-refractivity contribution >= 4 is 192 Å². The van der Waals surface area contributed by atoms with Crippen LogP contribution in [0.3, 0.4) is 0 Å². The van der Waals surface area contributed by atoms with Gasteiger partial charge in [0.1, 0.15) is 0 Å². The molecular weight excluding hydrogens is 1710 g/mol. The van der Waals surface area contributed by atoms with Crippen LogP contribution in [0, 0.1) is 0 Å².